The van der Waals surface area contributed by atoms with Gasteiger partial charge in [-0.3, -0.25) is 4.90 Å². The van der Waals surface area contributed by atoms with Crippen molar-refractivity contribution in [1.82, 2.24) is 9.62 Å². The highest BCUT2D eigenvalue weighted by Crippen LogP contribution is 2.36. The summed E-state index contributed by atoms with van der Waals surface area (Å²) in [6.07, 6.45) is 5.60. The highest BCUT2D eigenvalue weighted by molar-refractivity contribution is 7.88. The van der Waals surface area contributed by atoms with E-state index in [1.165, 1.54) is 12.7 Å². The fourth-order valence-corrected chi connectivity index (χ4v) is 3.40. The van der Waals surface area contributed by atoms with Gasteiger partial charge >= 0.3 is 0 Å². The second kappa shape index (κ2) is 4.47. The molecule has 4 nitrogen and oxygen atoms in total. The first-order chi connectivity index (χ1) is 7.49. The molecule has 3 heterocycles. The molecule has 16 heavy (non-hydrogen) atoms. The molecule has 2 bridgehead atoms. The smallest absolute Gasteiger partial charge is 0.208 e. The summed E-state index contributed by atoms with van der Waals surface area (Å²) in [5.74, 6) is 1.30. The van der Waals surface area contributed by atoms with Crippen LogP contribution in [0.1, 0.15) is 12.8 Å². The molecule has 0 saturated carbocycles. The minimum atomic E-state index is -3.06. The molecule has 0 aromatic carbocycles. The summed E-state index contributed by atoms with van der Waals surface area (Å²) in [7, 11) is -3.06. The van der Waals surface area contributed by atoms with Crippen molar-refractivity contribution in [2.24, 2.45) is 11.8 Å². The maximum Gasteiger partial charge on any atom is 0.208 e. The van der Waals surface area contributed by atoms with E-state index >= 15 is 0 Å². The minimum Gasteiger partial charge on any atom is -0.298 e. The van der Waals surface area contributed by atoms with Crippen molar-refractivity contribution in [1.29, 1.82) is 0 Å². The van der Waals surface area contributed by atoms with E-state index in [1.807, 2.05) is 0 Å². The number of nitrogens with zero attached hydrogens (tertiary/aromatic N) is 1. The van der Waals surface area contributed by atoms with Crippen molar-refractivity contribution in [3.8, 4) is 0 Å². The molecule has 3 fully saturated rings. The number of sulfonamides is 1. The molecule has 3 aliphatic heterocycles. The molecule has 1 N–H and O–H groups in total. The van der Waals surface area contributed by atoms with Crippen LogP contribution in [0.25, 0.3) is 0 Å². The zero-order valence-corrected chi connectivity index (χ0v) is 10.5. The lowest BCUT2D eigenvalue weighted by Gasteiger charge is -2.49. The van der Waals surface area contributed by atoms with Gasteiger partial charge in [0.1, 0.15) is 0 Å². The predicted octanol–water partition coefficient (Wildman–Crippen LogP) is 0.432. The standard InChI is InChI=1S/C11H20N2O2S/c1-3-9-8-13-5-4-10(9)6-11(13)7-12-16(2,14)15/h3,9-12H,1,4-8H2,2H3/t9-,10+,11+/m0/s1. The zero-order valence-electron chi connectivity index (χ0n) is 9.72. The first-order valence-electron chi connectivity index (χ1n) is 5.81. The Hall–Kier alpha value is -0.390. The van der Waals surface area contributed by atoms with Crippen LogP contribution >= 0.6 is 0 Å². The molecule has 92 valence electrons. The normalized spacial score (nSPS) is 38.6. The third kappa shape index (κ3) is 2.64. The van der Waals surface area contributed by atoms with Gasteiger partial charge in [-0.15, -0.1) is 6.58 Å². The summed E-state index contributed by atoms with van der Waals surface area (Å²) < 4.78 is 24.7. The summed E-state index contributed by atoms with van der Waals surface area (Å²) in [5, 5.41) is 0. The van der Waals surface area contributed by atoms with Gasteiger partial charge in [0.15, 0.2) is 0 Å². The Balaban J connectivity index is 1.93. The summed E-state index contributed by atoms with van der Waals surface area (Å²) in [6.45, 7) is 6.58. The number of rotatable bonds is 4. The SMILES string of the molecule is C=C[C@H]1CN2CC[C@@H]1C[C@@H]2CNS(C)(=O)=O. The Morgan fingerprint density at radius 1 is 1.56 bits per heavy atom. The van der Waals surface area contributed by atoms with Crippen molar-refractivity contribution >= 4 is 10.0 Å². The molecular weight excluding hydrogens is 224 g/mol. The van der Waals surface area contributed by atoms with Crippen LogP contribution in [0.15, 0.2) is 12.7 Å². The largest absolute Gasteiger partial charge is 0.298 e. The lowest BCUT2D eigenvalue weighted by molar-refractivity contribution is 0.0218. The van der Waals surface area contributed by atoms with Gasteiger partial charge in [-0.25, -0.2) is 13.1 Å². The lowest BCUT2D eigenvalue weighted by atomic mass is 9.76. The van der Waals surface area contributed by atoms with Gasteiger partial charge in [0.05, 0.1) is 6.26 Å². The van der Waals surface area contributed by atoms with Crippen LogP contribution in [0.5, 0.6) is 0 Å². The van der Waals surface area contributed by atoms with Gasteiger partial charge < -0.3 is 0 Å². The fourth-order valence-electron chi connectivity index (χ4n) is 2.91. The molecule has 3 aliphatic rings. The predicted molar refractivity (Wildman–Crippen MR) is 64.6 cm³/mol. The van der Waals surface area contributed by atoms with E-state index in [-0.39, 0.29) is 0 Å². The van der Waals surface area contributed by atoms with Crippen LogP contribution in [-0.4, -0.2) is 45.2 Å². The molecule has 1 unspecified atom stereocenters. The molecule has 0 aromatic rings. The first-order valence-corrected chi connectivity index (χ1v) is 7.70. The second-order valence-corrected chi connectivity index (χ2v) is 6.79. The number of hydrogen-bond acceptors (Lipinski definition) is 3. The topological polar surface area (TPSA) is 49.4 Å². The Morgan fingerprint density at radius 2 is 2.31 bits per heavy atom. The molecule has 0 spiro atoms. The Kier molecular flexibility index (Phi) is 3.37. The lowest BCUT2D eigenvalue weighted by Crippen LogP contribution is -2.56. The van der Waals surface area contributed by atoms with Gasteiger partial charge in [-0.2, -0.15) is 0 Å². The molecule has 0 aromatic heterocycles. The molecule has 3 saturated heterocycles. The van der Waals surface area contributed by atoms with Gasteiger partial charge in [0, 0.05) is 19.1 Å². The van der Waals surface area contributed by atoms with Crippen LogP contribution in [-0.2, 0) is 10.0 Å². The van der Waals surface area contributed by atoms with E-state index in [0.29, 0.717) is 24.4 Å². The summed E-state index contributed by atoms with van der Waals surface area (Å²) in [6, 6.07) is 0.379. The Bertz CT molecular complexity index is 366. The van der Waals surface area contributed by atoms with Gasteiger partial charge in [-0.1, -0.05) is 6.08 Å². The molecule has 0 aliphatic carbocycles. The van der Waals surface area contributed by atoms with Crippen molar-refractivity contribution in [3.05, 3.63) is 12.7 Å². The van der Waals surface area contributed by atoms with E-state index in [4.69, 9.17) is 0 Å². The molecule has 0 amide bonds. The highest BCUT2D eigenvalue weighted by Gasteiger charge is 2.38. The van der Waals surface area contributed by atoms with E-state index in [0.717, 1.165) is 19.5 Å². The van der Waals surface area contributed by atoms with Gasteiger partial charge in [-0.05, 0) is 31.2 Å². The van der Waals surface area contributed by atoms with Crippen LogP contribution < -0.4 is 4.72 Å². The van der Waals surface area contributed by atoms with Gasteiger partial charge in [0.2, 0.25) is 10.0 Å². The fraction of sp³-hybridized carbons (Fsp3) is 0.818. The van der Waals surface area contributed by atoms with E-state index in [9.17, 15) is 8.42 Å². The average molecular weight is 244 g/mol. The average Bonchev–Trinajstić information content (AvgIpc) is 2.26. The van der Waals surface area contributed by atoms with Crippen LogP contribution in [0.4, 0.5) is 0 Å². The third-order valence-electron chi connectivity index (χ3n) is 3.81. The zero-order chi connectivity index (χ0) is 11.8. The monoisotopic (exact) mass is 244 g/mol. The number of piperidine rings is 3. The summed E-state index contributed by atoms with van der Waals surface area (Å²) in [4.78, 5) is 2.39. The molecule has 3 rings (SSSR count). The number of nitrogens with one attached hydrogen (secondary N) is 1. The molecule has 0 radical (unpaired) electrons. The summed E-state index contributed by atoms with van der Waals surface area (Å²) >= 11 is 0. The van der Waals surface area contributed by atoms with Crippen molar-refractivity contribution in [2.45, 2.75) is 18.9 Å². The van der Waals surface area contributed by atoms with Crippen molar-refractivity contribution < 1.29 is 8.42 Å². The molecule has 5 heteroatoms. The quantitative estimate of drug-likeness (QED) is 0.730. The van der Waals surface area contributed by atoms with E-state index < -0.39 is 10.0 Å². The van der Waals surface area contributed by atoms with Crippen molar-refractivity contribution in [2.75, 3.05) is 25.9 Å². The number of hydrogen-bond donors (Lipinski definition) is 1. The Labute approximate surface area is 97.8 Å². The maximum atomic E-state index is 11.1. The summed E-state index contributed by atoms with van der Waals surface area (Å²) in [5.41, 5.74) is 0. The van der Waals surface area contributed by atoms with E-state index in [1.54, 1.807) is 0 Å². The third-order valence-corrected chi connectivity index (χ3v) is 4.50. The van der Waals surface area contributed by atoms with Gasteiger partial charge in [0.25, 0.3) is 0 Å². The van der Waals surface area contributed by atoms with Crippen LogP contribution in [0, 0.1) is 11.8 Å². The van der Waals surface area contributed by atoms with Crippen LogP contribution in [0.2, 0.25) is 0 Å². The van der Waals surface area contributed by atoms with Crippen molar-refractivity contribution in [3.63, 3.8) is 0 Å². The second-order valence-electron chi connectivity index (χ2n) is 4.95. The molecule has 4 atom stereocenters. The minimum absolute atomic E-state index is 0.379. The number of fused-ring (bicyclic) bond motifs is 3. The highest BCUT2D eigenvalue weighted by atomic mass is 32.2. The van der Waals surface area contributed by atoms with E-state index in [2.05, 4.69) is 22.3 Å². The first kappa shape index (κ1) is 12.1. The maximum absolute atomic E-state index is 11.1. The van der Waals surface area contributed by atoms with Crippen LogP contribution in [0.3, 0.4) is 0 Å². The molecular formula is C11H20N2O2S. The Morgan fingerprint density at radius 3 is 2.81 bits per heavy atom.